The third-order valence-corrected chi connectivity index (χ3v) is 4.79. The summed E-state index contributed by atoms with van der Waals surface area (Å²) in [6.45, 7) is -0.935. The summed E-state index contributed by atoms with van der Waals surface area (Å²) in [4.78, 5) is 41.1. The topological polar surface area (TPSA) is 91.4 Å². The zero-order valence-electron chi connectivity index (χ0n) is 14.7. The highest BCUT2D eigenvalue weighted by Gasteiger charge is 2.17. The van der Waals surface area contributed by atoms with E-state index in [4.69, 9.17) is 32.4 Å². The van der Waals surface area contributed by atoms with Gasteiger partial charge in [-0.1, -0.05) is 35.3 Å². The van der Waals surface area contributed by atoms with Crippen molar-refractivity contribution in [1.82, 2.24) is 9.55 Å². The maximum atomic E-state index is 12.6. The number of hydrogen-bond acceptors (Lipinski definition) is 6. The van der Waals surface area contributed by atoms with Crippen LogP contribution in [0.3, 0.4) is 0 Å². The van der Waals surface area contributed by atoms with E-state index in [9.17, 15) is 14.4 Å². The number of hydrogen-bond donors (Lipinski definition) is 0. The van der Waals surface area contributed by atoms with E-state index in [1.165, 1.54) is 24.5 Å². The second-order valence-corrected chi connectivity index (χ2v) is 7.01. The van der Waals surface area contributed by atoms with Crippen molar-refractivity contribution in [2.24, 2.45) is 0 Å². The molecule has 0 radical (unpaired) electrons. The molecule has 0 aliphatic carbocycles. The first-order valence-corrected chi connectivity index (χ1v) is 9.20. The Hall–Kier alpha value is -3.16. The van der Waals surface area contributed by atoms with E-state index < -0.39 is 30.5 Å². The Morgan fingerprint density at radius 1 is 1.14 bits per heavy atom. The minimum Gasteiger partial charge on any atom is -0.456 e. The first-order chi connectivity index (χ1) is 13.9. The van der Waals surface area contributed by atoms with Gasteiger partial charge in [-0.05, 0) is 30.3 Å². The molecule has 7 nitrogen and oxygen atoms in total. The Balaban J connectivity index is 1.49. The summed E-state index contributed by atoms with van der Waals surface area (Å²) in [6.07, 6.45) is 1.24. The molecule has 0 amide bonds. The largest absolute Gasteiger partial charge is 0.456 e. The molecule has 2 aromatic heterocycles. The molecule has 146 valence electrons. The van der Waals surface area contributed by atoms with Crippen LogP contribution in [0.2, 0.25) is 10.0 Å². The lowest BCUT2D eigenvalue weighted by Crippen LogP contribution is -2.26. The number of esters is 1. The van der Waals surface area contributed by atoms with Crippen molar-refractivity contribution < 1.29 is 18.7 Å². The van der Waals surface area contributed by atoms with Gasteiger partial charge in [0.2, 0.25) is 11.4 Å². The SMILES string of the molecule is O=C(Cn1cnc2c(oc3ccccc32)c1=O)OCC(=O)c1ccc(Cl)cc1Cl. The Morgan fingerprint density at radius 3 is 2.72 bits per heavy atom. The highest BCUT2D eigenvalue weighted by Crippen LogP contribution is 2.24. The molecule has 0 bridgehead atoms. The number of aromatic nitrogens is 2. The normalized spacial score (nSPS) is 11.1. The number of Topliss-reactive ketones (excluding diaryl/α,β-unsaturated/α-hetero) is 1. The summed E-state index contributed by atoms with van der Waals surface area (Å²) in [7, 11) is 0. The first kappa shape index (κ1) is 19.2. The molecule has 0 saturated heterocycles. The maximum Gasteiger partial charge on any atom is 0.326 e. The third kappa shape index (κ3) is 3.74. The van der Waals surface area contributed by atoms with Gasteiger partial charge in [-0.15, -0.1) is 0 Å². The number of nitrogens with zero attached hydrogens (tertiary/aromatic N) is 2. The molecule has 0 atom stereocenters. The van der Waals surface area contributed by atoms with Gasteiger partial charge >= 0.3 is 5.97 Å². The number of rotatable bonds is 5. The van der Waals surface area contributed by atoms with E-state index >= 15 is 0 Å². The highest BCUT2D eigenvalue weighted by atomic mass is 35.5. The van der Waals surface area contributed by atoms with E-state index in [1.807, 2.05) is 6.07 Å². The fourth-order valence-corrected chi connectivity index (χ4v) is 3.37. The van der Waals surface area contributed by atoms with Crippen molar-refractivity contribution in [3.05, 3.63) is 74.8 Å². The summed E-state index contributed by atoms with van der Waals surface area (Å²) in [6, 6.07) is 11.5. The summed E-state index contributed by atoms with van der Waals surface area (Å²) in [5, 5.41) is 1.26. The van der Waals surface area contributed by atoms with Gasteiger partial charge in [0, 0.05) is 16.0 Å². The first-order valence-electron chi connectivity index (χ1n) is 8.44. The Kier molecular flexibility index (Phi) is 5.08. The molecule has 2 heterocycles. The average molecular weight is 431 g/mol. The van der Waals surface area contributed by atoms with Crippen molar-refractivity contribution in [3.63, 3.8) is 0 Å². The molecular weight excluding hydrogens is 419 g/mol. The van der Waals surface area contributed by atoms with Crippen molar-refractivity contribution in [2.45, 2.75) is 6.54 Å². The van der Waals surface area contributed by atoms with Crippen LogP contribution in [0.15, 0.2) is 58.0 Å². The smallest absolute Gasteiger partial charge is 0.326 e. The summed E-state index contributed by atoms with van der Waals surface area (Å²) in [5.41, 5.74) is 0.660. The second-order valence-electron chi connectivity index (χ2n) is 6.16. The standard InChI is InChI=1S/C20H12Cl2N2O5/c21-11-5-6-12(14(22)7-11)15(25)9-28-17(26)8-24-10-23-18-13-3-1-2-4-16(13)29-19(18)20(24)27/h1-7,10H,8-9H2. The number of fused-ring (bicyclic) bond motifs is 3. The number of ketones is 1. The lowest BCUT2D eigenvalue weighted by Gasteiger charge is -2.07. The van der Waals surface area contributed by atoms with E-state index in [0.717, 1.165) is 4.57 Å². The zero-order valence-corrected chi connectivity index (χ0v) is 16.2. The van der Waals surface area contributed by atoms with E-state index in [2.05, 4.69) is 4.98 Å². The maximum absolute atomic E-state index is 12.6. The van der Waals surface area contributed by atoms with Crippen LogP contribution in [0.5, 0.6) is 0 Å². The molecule has 0 N–H and O–H groups in total. The number of halogens is 2. The third-order valence-electron chi connectivity index (χ3n) is 4.25. The molecule has 2 aromatic carbocycles. The molecule has 4 rings (SSSR count). The van der Waals surface area contributed by atoms with Crippen molar-refractivity contribution >= 4 is 57.0 Å². The van der Waals surface area contributed by atoms with Crippen LogP contribution in [-0.4, -0.2) is 27.9 Å². The number of carbonyl (C=O) groups excluding carboxylic acids is 2. The van der Waals surface area contributed by atoms with Crippen LogP contribution in [0.4, 0.5) is 0 Å². The number of ether oxygens (including phenoxy) is 1. The summed E-state index contributed by atoms with van der Waals surface area (Å²) < 4.78 is 11.6. The minimum atomic E-state index is -0.775. The predicted octanol–water partition coefficient (Wildman–Crippen LogP) is 3.88. The number of benzene rings is 2. The quantitative estimate of drug-likeness (QED) is 0.352. The van der Waals surface area contributed by atoms with Crippen LogP contribution < -0.4 is 5.56 Å². The molecular formula is C20H12Cl2N2O5. The Bertz CT molecular complexity index is 1330. The van der Waals surface area contributed by atoms with Crippen LogP contribution in [0.1, 0.15) is 10.4 Å². The zero-order chi connectivity index (χ0) is 20.5. The predicted molar refractivity (Wildman–Crippen MR) is 108 cm³/mol. The number of carbonyl (C=O) groups is 2. The Labute approximate surface area is 173 Å². The van der Waals surface area contributed by atoms with Gasteiger partial charge in [0.15, 0.2) is 6.61 Å². The van der Waals surface area contributed by atoms with E-state index in [-0.39, 0.29) is 16.2 Å². The van der Waals surface area contributed by atoms with Crippen LogP contribution in [-0.2, 0) is 16.1 Å². The lowest BCUT2D eigenvalue weighted by atomic mass is 10.1. The molecule has 0 unspecified atom stereocenters. The average Bonchev–Trinajstić information content (AvgIpc) is 3.08. The fourth-order valence-electron chi connectivity index (χ4n) is 2.85. The van der Waals surface area contributed by atoms with Crippen LogP contribution >= 0.6 is 23.2 Å². The monoisotopic (exact) mass is 430 g/mol. The number of para-hydroxylation sites is 1. The van der Waals surface area contributed by atoms with E-state index in [0.29, 0.717) is 21.5 Å². The van der Waals surface area contributed by atoms with Crippen molar-refractivity contribution in [2.75, 3.05) is 6.61 Å². The molecule has 4 aromatic rings. The van der Waals surface area contributed by atoms with Crippen LogP contribution in [0.25, 0.3) is 22.1 Å². The van der Waals surface area contributed by atoms with Gasteiger partial charge in [-0.25, -0.2) is 4.98 Å². The van der Waals surface area contributed by atoms with Crippen molar-refractivity contribution in [3.8, 4) is 0 Å². The van der Waals surface area contributed by atoms with Crippen molar-refractivity contribution in [1.29, 1.82) is 0 Å². The second kappa shape index (κ2) is 7.69. The molecule has 0 aliphatic rings. The van der Waals surface area contributed by atoms with Gasteiger partial charge < -0.3 is 9.15 Å². The Morgan fingerprint density at radius 2 is 1.93 bits per heavy atom. The molecule has 9 heteroatoms. The lowest BCUT2D eigenvalue weighted by molar-refractivity contribution is -0.143. The van der Waals surface area contributed by atoms with Gasteiger partial charge in [0.25, 0.3) is 5.56 Å². The minimum absolute atomic E-state index is 0.0468. The van der Waals surface area contributed by atoms with E-state index in [1.54, 1.807) is 18.2 Å². The molecule has 0 spiro atoms. The highest BCUT2D eigenvalue weighted by molar-refractivity contribution is 6.36. The van der Waals surface area contributed by atoms with Crippen LogP contribution in [0, 0.1) is 0 Å². The summed E-state index contributed by atoms with van der Waals surface area (Å²) >= 11 is 11.8. The summed E-state index contributed by atoms with van der Waals surface area (Å²) in [5.74, 6) is -1.26. The molecule has 29 heavy (non-hydrogen) atoms. The number of furan rings is 1. The molecule has 0 aliphatic heterocycles. The van der Waals surface area contributed by atoms with Gasteiger partial charge in [0.05, 0.1) is 11.3 Å². The van der Waals surface area contributed by atoms with Gasteiger partial charge in [0.1, 0.15) is 17.6 Å². The molecule has 0 fully saturated rings. The van der Waals surface area contributed by atoms with Gasteiger partial charge in [-0.3, -0.25) is 19.0 Å². The molecule has 0 saturated carbocycles. The fraction of sp³-hybridized carbons (Fsp3) is 0.100. The van der Waals surface area contributed by atoms with Gasteiger partial charge in [-0.2, -0.15) is 0 Å².